The Morgan fingerprint density at radius 1 is 1.46 bits per heavy atom. The lowest BCUT2D eigenvalue weighted by Gasteiger charge is -2.12. The van der Waals surface area contributed by atoms with Crippen molar-refractivity contribution in [3.8, 4) is 5.75 Å². The Kier molecular flexibility index (Phi) is 3.70. The summed E-state index contributed by atoms with van der Waals surface area (Å²) in [7, 11) is 1.55. The molecular weight excluding hydrogens is 170 g/mol. The second-order valence-corrected chi connectivity index (χ2v) is 2.59. The molecule has 0 heterocycles. The molecule has 1 atom stereocenters. The molecule has 0 saturated heterocycles. The molecule has 0 fully saturated rings. The molecule has 0 aliphatic carbocycles. The topological polar surface area (TPSA) is 64.7 Å². The molecular formula is C9H13NO3. The molecule has 0 spiro atoms. The van der Waals surface area contributed by atoms with Gasteiger partial charge in [0.05, 0.1) is 13.7 Å². The van der Waals surface area contributed by atoms with Gasteiger partial charge in [0.15, 0.2) is 0 Å². The predicted octanol–water partition coefficient (Wildman–Crippen LogP) is 0.619. The van der Waals surface area contributed by atoms with Gasteiger partial charge < -0.3 is 14.7 Å². The Morgan fingerprint density at radius 3 is 2.77 bits per heavy atom. The third kappa shape index (κ3) is 2.42. The quantitative estimate of drug-likeness (QED) is 0.671. The van der Waals surface area contributed by atoms with E-state index in [0.29, 0.717) is 11.3 Å². The Bertz CT molecular complexity index is 265. The fourth-order valence-corrected chi connectivity index (χ4v) is 1.12. The Balaban J connectivity index is 2.85. The molecule has 0 amide bonds. The minimum Gasteiger partial charge on any atom is -0.496 e. The monoisotopic (exact) mass is 183 g/mol. The fourth-order valence-electron chi connectivity index (χ4n) is 1.12. The maximum Gasteiger partial charge on any atom is 0.124 e. The van der Waals surface area contributed by atoms with E-state index in [1.807, 2.05) is 12.1 Å². The largest absolute Gasteiger partial charge is 0.496 e. The number of ether oxygens (including phenoxy) is 1. The van der Waals surface area contributed by atoms with Crippen molar-refractivity contribution in [3.05, 3.63) is 29.8 Å². The Labute approximate surface area is 76.8 Å². The highest BCUT2D eigenvalue weighted by molar-refractivity contribution is 5.34. The lowest BCUT2D eigenvalue weighted by atomic mass is 10.1. The lowest BCUT2D eigenvalue weighted by Crippen LogP contribution is -2.11. The zero-order valence-corrected chi connectivity index (χ0v) is 7.43. The van der Waals surface area contributed by atoms with Crippen LogP contribution in [0.1, 0.15) is 11.7 Å². The standard InChI is InChI=1S/C9H13NO3/c1-12-9-5-3-2-4-7(9)8(11)6-13-10/h2-5,8,11H,6,10H2,1H3. The molecule has 1 unspecified atom stereocenters. The molecule has 72 valence electrons. The van der Waals surface area contributed by atoms with Gasteiger partial charge >= 0.3 is 0 Å². The van der Waals surface area contributed by atoms with Crippen LogP contribution in [0, 0.1) is 0 Å². The number of para-hydroxylation sites is 1. The van der Waals surface area contributed by atoms with E-state index in [4.69, 9.17) is 10.6 Å². The molecule has 0 aromatic heterocycles. The van der Waals surface area contributed by atoms with Gasteiger partial charge in [-0.05, 0) is 6.07 Å². The SMILES string of the molecule is COc1ccccc1C(O)CON. The third-order valence-electron chi connectivity index (χ3n) is 1.75. The van der Waals surface area contributed by atoms with Gasteiger partial charge in [0.2, 0.25) is 0 Å². The molecule has 0 aliphatic rings. The van der Waals surface area contributed by atoms with Crippen LogP contribution in [0.5, 0.6) is 5.75 Å². The molecule has 0 radical (unpaired) electrons. The van der Waals surface area contributed by atoms with Crippen LogP contribution in [0.2, 0.25) is 0 Å². The van der Waals surface area contributed by atoms with Crippen molar-refractivity contribution in [1.82, 2.24) is 0 Å². The molecule has 4 heteroatoms. The van der Waals surface area contributed by atoms with Crippen molar-refractivity contribution >= 4 is 0 Å². The number of benzene rings is 1. The average molecular weight is 183 g/mol. The molecule has 1 aromatic rings. The molecule has 1 aromatic carbocycles. The van der Waals surface area contributed by atoms with Crippen LogP contribution in [-0.4, -0.2) is 18.8 Å². The van der Waals surface area contributed by atoms with E-state index in [1.54, 1.807) is 19.2 Å². The highest BCUT2D eigenvalue weighted by Gasteiger charge is 2.11. The summed E-state index contributed by atoms with van der Waals surface area (Å²) in [5.41, 5.74) is 0.676. The second kappa shape index (κ2) is 4.81. The van der Waals surface area contributed by atoms with Gasteiger partial charge in [0.25, 0.3) is 0 Å². The highest BCUT2D eigenvalue weighted by Crippen LogP contribution is 2.24. The number of methoxy groups -OCH3 is 1. The van der Waals surface area contributed by atoms with Crippen molar-refractivity contribution < 1.29 is 14.7 Å². The fraction of sp³-hybridized carbons (Fsp3) is 0.333. The van der Waals surface area contributed by atoms with Crippen LogP contribution < -0.4 is 10.6 Å². The number of aliphatic hydroxyl groups is 1. The van der Waals surface area contributed by atoms with E-state index in [0.717, 1.165) is 0 Å². The first-order valence-corrected chi connectivity index (χ1v) is 3.92. The molecule has 4 nitrogen and oxygen atoms in total. The van der Waals surface area contributed by atoms with Crippen LogP contribution in [0.25, 0.3) is 0 Å². The first-order valence-electron chi connectivity index (χ1n) is 3.92. The number of rotatable bonds is 4. The van der Waals surface area contributed by atoms with Gasteiger partial charge in [0.1, 0.15) is 11.9 Å². The van der Waals surface area contributed by atoms with Crippen LogP contribution in [0.3, 0.4) is 0 Å². The van der Waals surface area contributed by atoms with Gasteiger partial charge in [-0.3, -0.25) is 0 Å². The van der Waals surface area contributed by atoms with Crippen LogP contribution >= 0.6 is 0 Å². The van der Waals surface area contributed by atoms with E-state index in [2.05, 4.69) is 4.84 Å². The van der Waals surface area contributed by atoms with E-state index in [-0.39, 0.29) is 6.61 Å². The van der Waals surface area contributed by atoms with E-state index < -0.39 is 6.10 Å². The van der Waals surface area contributed by atoms with E-state index in [1.165, 1.54) is 0 Å². The van der Waals surface area contributed by atoms with Crippen LogP contribution in [0.15, 0.2) is 24.3 Å². The summed E-state index contributed by atoms with van der Waals surface area (Å²) in [4.78, 5) is 4.35. The summed E-state index contributed by atoms with van der Waals surface area (Å²) in [5.74, 6) is 5.49. The summed E-state index contributed by atoms with van der Waals surface area (Å²) in [6.07, 6.45) is -0.749. The first kappa shape index (κ1) is 9.98. The van der Waals surface area contributed by atoms with Crippen LogP contribution in [0.4, 0.5) is 0 Å². The molecule has 0 aliphatic heterocycles. The summed E-state index contributed by atoms with van der Waals surface area (Å²) < 4.78 is 5.06. The molecule has 3 N–H and O–H groups in total. The van der Waals surface area contributed by atoms with Crippen molar-refractivity contribution in [2.45, 2.75) is 6.10 Å². The second-order valence-electron chi connectivity index (χ2n) is 2.59. The van der Waals surface area contributed by atoms with Gasteiger partial charge in [-0.1, -0.05) is 18.2 Å². The summed E-state index contributed by atoms with van der Waals surface area (Å²) in [6, 6.07) is 7.19. The number of nitrogens with two attached hydrogens (primary N) is 1. The van der Waals surface area contributed by atoms with E-state index in [9.17, 15) is 5.11 Å². The van der Waals surface area contributed by atoms with Gasteiger partial charge in [-0.2, -0.15) is 0 Å². The normalized spacial score (nSPS) is 12.5. The maximum absolute atomic E-state index is 9.55. The third-order valence-corrected chi connectivity index (χ3v) is 1.75. The van der Waals surface area contributed by atoms with Crippen LogP contribution in [-0.2, 0) is 4.84 Å². The zero-order valence-electron chi connectivity index (χ0n) is 7.43. The summed E-state index contributed by atoms with van der Waals surface area (Å²) in [6.45, 7) is 0.0559. The van der Waals surface area contributed by atoms with Crippen molar-refractivity contribution in [3.63, 3.8) is 0 Å². The average Bonchev–Trinajstić information content (AvgIpc) is 2.18. The number of aliphatic hydroxyl groups excluding tert-OH is 1. The minimum absolute atomic E-state index is 0.0559. The predicted molar refractivity (Wildman–Crippen MR) is 48.1 cm³/mol. The lowest BCUT2D eigenvalue weighted by molar-refractivity contribution is 0.0347. The molecule has 13 heavy (non-hydrogen) atoms. The van der Waals surface area contributed by atoms with Gasteiger partial charge in [0, 0.05) is 5.56 Å². The van der Waals surface area contributed by atoms with Crippen molar-refractivity contribution in [2.24, 2.45) is 5.90 Å². The Hall–Kier alpha value is -1.10. The molecule has 1 rings (SSSR count). The molecule has 0 saturated carbocycles. The van der Waals surface area contributed by atoms with E-state index >= 15 is 0 Å². The number of hydrogen-bond donors (Lipinski definition) is 2. The van der Waals surface area contributed by atoms with Gasteiger partial charge in [-0.15, -0.1) is 0 Å². The van der Waals surface area contributed by atoms with Crippen molar-refractivity contribution in [2.75, 3.05) is 13.7 Å². The first-order chi connectivity index (χ1) is 6.29. The Morgan fingerprint density at radius 2 is 2.15 bits per heavy atom. The minimum atomic E-state index is -0.749. The van der Waals surface area contributed by atoms with Gasteiger partial charge in [-0.25, -0.2) is 5.90 Å². The zero-order chi connectivity index (χ0) is 9.68. The number of hydrogen-bond acceptors (Lipinski definition) is 4. The maximum atomic E-state index is 9.55. The smallest absolute Gasteiger partial charge is 0.124 e. The molecule has 0 bridgehead atoms. The van der Waals surface area contributed by atoms with Crippen molar-refractivity contribution in [1.29, 1.82) is 0 Å². The summed E-state index contributed by atoms with van der Waals surface area (Å²) >= 11 is 0. The summed E-state index contributed by atoms with van der Waals surface area (Å²) in [5, 5.41) is 9.55. The highest BCUT2D eigenvalue weighted by atomic mass is 16.6.